The van der Waals surface area contributed by atoms with E-state index in [0.29, 0.717) is 0 Å². The summed E-state index contributed by atoms with van der Waals surface area (Å²) in [5.74, 6) is 0. The van der Waals surface area contributed by atoms with Crippen molar-refractivity contribution in [2.75, 3.05) is 24.6 Å². The second-order valence-corrected chi connectivity index (χ2v) is 12.7. The normalized spacial score (nSPS) is 14.7. The van der Waals surface area contributed by atoms with Gasteiger partial charge in [-0.05, 0) is 61.6 Å². The van der Waals surface area contributed by atoms with Gasteiger partial charge in [0.25, 0.3) is 0 Å². The molecule has 2 atom stereocenters. The van der Waals surface area contributed by atoms with E-state index >= 15 is 0 Å². The summed E-state index contributed by atoms with van der Waals surface area (Å²) in [6, 6.07) is 0. The molecule has 0 nitrogen and oxygen atoms in total. The first-order valence-corrected chi connectivity index (χ1v) is 13.7. The first-order valence-electron chi connectivity index (χ1n) is 10.1. The molecule has 0 aliphatic heterocycles. The summed E-state index contributed by atoms with van der Waals surface area (Å²) in [5, 5.41) is 0. The first kappa shape index (κ1) is 22.9. The summed E-state index contributed by atoms with van der Waals surface area (Å²) in [6.07, 6.45) is 17.6. The molecule has 2 heteroatoms. The van der Waals surface area contributed by atoms with E-state index in [9.17, 15) is 0 Å². The van der Waals surface area contributed by atoms with Gasteiger partial charge in [0.1, 0.15) is 0 Å². The lowest BCUT2D eigenvalue weighted by Gasteiger charge is -2.35. The third-order valence-corrected chi connectivity index (χ3v) is 12.0. The maximum Gasteiger partial charge on any atom is -0.0173 e. The molecule has 134 valence electrons. The summed E-state index contributed by atoms with van der Waals surface area (Å²) >= 11 is 0. The van der Waals surface area contributed by atoms with Crippen molar-refractivity contribution in [3.05, 3.63) is 0 Å². The summed E-state index contributed by atoms with van der Waals surface area (Å²) in [4.78, 5) is 0. The van der Waals surface area contributed by atoms with Crippen LogP contribution in [0.1, 0.15) is 92.9 Å². The van der Waals surface area contributed by atoms with Crippen LogP contribution < -0.4 is 0 Å². The molecule has 0 aromatic rings. The highest BCUT2D eigenvalue weighted by molar-refractivity contribution is 7.62. The van der Waals surface area contributed by atoms with E-state index in [2.05, 4.69) is 41.5 Å². The lowest BCUT2D eigenvalue weighted by molar-refractivity contribution is 0.814. The molecule has 0 N–H and O–H groups in total. The van der Waals surface area contributed by atoms with Gasteiger partial charge in [-0.1, -0.05) is 67.2 Å². The summed E-state index contributed by atoms with van der Waals surface area (Å²) in [7, 11) is 0.561. The fourth-order valence-electron chi connectivity index (χ4n) is 3.09. The predicted molar refractivity (Wildman–Crippen MR) is 112 cm³/mol. The zero-order valence-electron chi connectivity index (χ0n) is 16.5. The molecule has 0 amide bonds. The third kappa shape index (κ3) is 9.88. The predicted octanol–water partition coefficient (Wildman–Crippen LogP) is 7.93. The van der Waals surface area contributed by atoms with Crippen LogP contribution in [0, 0.1) is 0 Å². The van der Waals surface area contributed by atoms with Gasteiger partial charge < -0.3 is 0 Å². The monoisotopic (exact) mass is 346 g/mol. The van der Waals surface area contributed by atoms with Gasteiger partial charge in [-0.15, -0.1) is 15.8 Å². The van der Waals surface area contributed by atoms with Gasteiger partial charge in [0.2, 0.25) is 0 Å². The molecule has 22 heavy (non-hydrogen) atoms. The van der Waals surface area contributed by atoms with Crippen molar-refractivity contribution in [1.29, 1.82) is 0 Å². The third-order valence-electron chi connectivity index (χ3n) is 5.05. The summed E-state index contributed by atoms with van der Waals surface area (Å²) in [6.45, 7) is 14.7. The van der Waals surface area contributed by atoms with Crippen LogP contribution >= 0.6 is 15.8 Å². The fraction of sp³-hybridized carbons (Fsp3) is 1.00. The van der Waals surface area contributed by atoms with E-state index in [0.717, 1.165) is 11.3 Å². The molecule has 0 radical (unpaired) electrons. The molecule has 0 aromatic carbocycles. The molecule has 0 fully saturated rings. The molecule has 0 aliphatic carbocycles. The number of hydrogen-bond donors (Lipinski definition) is 0. The van der Waals surface area contributed by atoms with Crippen molar-refractivity contribution in [3.8, 4) is 0 Å². The van der Waals surface area contributed by atoms with Crippen molar-refractivity contribution >= 4 is 15.8 Å². The first-order chi connectivity index (χ1) is 10.6. The standard InChI is InChI=1S/C20H44P2/c1-7-11-15-21(16-12-8-2)19(5)20(6)22(17-13-9-3)18-14-10-4/h19-20H,7-18H2,1-6H3. The van der Waals surface area contributed by atoms with Crippen LogP contribution in [0.3, 0.4) is 0 Å². The number of hydrogen-bond acceptors (Lipinski definition) is 0. The maximum absolute atomic E-state index is 2.62. The minimum absolute atomic E-state index is 0.281. The van der Waals surface area contributed by atoms with E-state index in [1.807, 2.05) is 0 Å². The molecule has 2 unspecified atom stereocenters. The molecule has 0 aliphatic rings. The van der Waals surface area contributed by atoms with Crippen molar-refractivity contribution in [3.63, 3.8) is 0 Å². The van der Waals surface area contributed by atoms with Gasteiger partial charge >= 0.3 is 0 Å². The molecule has 0 bridgehead atoms. The Kier molecular flexibility index (Phi) is 16.0. The Bertz CT molecular complexity index is 190. The van der Waals surface area contributed by atoms with Gasteiger partial charge in [-0.25, -0.2) is 0 Å². The number of rotatable bonds is 15. The van der Waals surface area contributed by atoms with Gasteiger partial charge in [-0.2, -0.15) is 0 Å². The highest BCUT2D eigenvalue weighted by Gasteiger charge is 2.26. The van der Waals surface area contributed by atoms with Crippen LogP contribution in [-0.4, -0.2) is 36.0 Å². The second-order valence-electron chi connectivity index (χ2n) is 6.97. The SMILES string of the molecule is CCCCP(CCCC)C(C)C(C)P(CCCC)CCCC. The number of unbranched alkanes of at least 4 members (excludes halogenated alkanes) is 4. The van der Waals surface area contributed by atoms with Crippen molar-refractivity contribution < 1.29 is 0 Å². The van der Waals surface area contributed by atoms with Gasteiger partial charge in [0, 0.05) is 0 Å². The van der Waals surface area contributed by atoms with Crippen molar-refractivity contribution in [2.45, 2.75) is 104 Å². The van der Waals surface area contributed by atoms with Gasteiger partial charge in [-0.3, -0.25) is 0 Å². The highest BCUT2D eigenvalue weighted by Crippen LogP contribution is 2.54. The largest absolute Gasteiger partial charge is 0.103 e. The zero-order chi connectivity index (χ0) is 16.8. The van der Waals surface area contributed by atoms with Crippen LogP contribution in [0.25, 0.3) is 0 Å². The zero-order valence-corrected chi connectivity index (χ0v) is 18.3. The van der Waals surface area contributed by atoms with E-state index < -0.39 is 0 Å². The molecule has 0 rings (SSSR count). The smallest absolute Gasteiger partial charge is 0.0173 e. The lowest BCUT2D eigenvalue weighted by Crippen LogP contribution is -2.21. The quantitative estimate of drug-likeness (QED) is 0.264. The molecule has 0 spiro atoms. The summed E-state index contributed by atoms with van der Waals surface area (Å²) < 4.78 is 0. The van der Waals surface area contributed by atoms with E-state index in [1.54, 1.807) is 24.6 Å². The second kappa shape index (κ2) is 15.4. The van der Waals surface area contributed by atoms with Crippen molar-refractivity contribution in [1.82, 2.24) is 0 Å². The average Bonchev–Trinajstić information content (AvgIpc) is 2.54. The average molecular weight is 347 g/mol. The van der Waals surface area contributed by atoms with Crippen molar-refractivity contribution in [2.24, 2.45) is 0 Å². The van der Waals surface area contributed by atoms with E-state index in [4.69, 9.17) is 0 Å². The van der Waals surface area contributed by atoms with Crippen LogP contribution in [0.15, 0.2) is 0 Å². The Hall–Kier alpha value is 0.860. The summed E-state index contributed by atoms with van der Waals surface area (Å²) in [5.41, 5.74) is 2.01. The molecule has 0 saturated carbocycles. The molecule has 0 aromatic heterocycles. The van der Waals surface area contributed by atoms with Gasteiger partial charge in [0.05, 0.1) is 0 Å². The Labute approximate surface area is 145 Å². The molecule has 0 heterocycles. The van der Waals surface area contributed by atoms with Crippen LogP contribution in [-0.2, 0) is 0 Å². The Morgan fingerprint density at radius 2 is 0.727 bits per heavy atom. The minimum Gasteiger partial charge on any atom is -0.103 e. The highest BCUT2D eigenvalue weighted by atomic mass is 31.1. The fourth-order valence-corrected chi connectivity index (χ4v) is 10.4. The minimum atomic E-state index is 0.281. The van der Waals surface area contributed by atoms with Crippen LogP contribution in [0.2, 0.25) is 0 Å². The lowest BCUT2D eigenvalue weighted by atomic mass is 10.3. The Morgan fingerprint density at radius 1 is 0.500 bits per heavy atom. The van der Waals surface area contributed by atoms with Gasteiger partial charge in [0.15, 0.2) is 0 Å². The molecular formula is C20H44P2. The van der Waals surface area contributed by atoms with Crippen LogP contribution in [0.4, 0.5) is 0 Å². The Morgan fingerprint density at radius 3 is 0.909 bits per heavy atom. The van der Waals surface area contributed by atoms with E-state index in [1.165, 1.54) is 51.4 Å². The maximum atomic E-state index is 2.62. The topological polar surface area (TPSA) is 0 Å². The molecule has 0 saturated heterocycles. The van der Waals surface area contributed by atoms with E-state index in [-0.39, 0.29) is 15.8 Å². The molecular weight excluding hydrogens is 302 g/mol. The Balaban J connectivity index is 4.66. The van der Waals surface area contributed by atoms with Crippen LogP contribution in [0.5, 0.6) is 0 Å².